The van der Waals surface area contributed by atoms with Crippen molar-refractivity contribution in [1.29, 1.82) is 0 Å². The molecule has 0 amide bonds. The molecule has 5 heteroatoms. The first-order valence-corrected chi connectivity index (χ1v) is 24.2. The zero-order valence-corrected chi connectivity index (χ0v) is 41.4. The van der Waals surface area contributed by atoms with Crippen LogP contribution < -0.4 is 26.2 Å². The van der Waals surface area contributed by atoms with Crippen LogP contribution in [0.4, 0.5) is 38.5 Å². The van der Waals surface area contributed by atoms with Crippen LogP contribution in [0.1, 0.15) is 124 Å². The summed E-state index contributed by atoms with van der Waals surface area (Å²) in [6.07, 6.45) is 2.07. The number of hydrogen-bond donors (Lipinski definition) is 0. The van der Waals surface area contributed by atoms with Crippen LogP contribution in [0.3, 0.4) is 0 Å². The fraction of sp³-hybridized carbons (Fsp3) is 0.311. The lowest BCUT2D eigenvalue weighted by Gasteiger charge is -2.44. The van der Waals surface area contributed by atoms with Crippen LogP contribution in [0, 0.1) is 12.7 Å². The highest BCUT2D eigenvalue weighted by atomic mass is 19.1. The minimum absolute atomic E-state index is 0.0352. The minimum atomic E-state index is -0.237. The molecule has 0 unspecified atom stereocenters. The van der Waals surface area contributed by atoms with Crippen molar-refractivity contribution in [2.45, 2.75) is 125 Å². The second-order valence-corrected chi connectivity index (χ2v) is 22.6. The van der Waals surface area contributed by atoms with Crippen molar-refractivity contribution in [3.63, 3.8) is 0 Å². The Morgan fingerprint density at radius 2 is 1.05 bits per heavy atom. The number of fused-ring (bicyclic) bond motifs is 7. The van der Waals surface area contributed by atoms with Gasteiger partial charge in [-0.3, -0.25) is 0 Å². The average molecular weight is 870 g/mol. The van der Waals surface area contributed by atoms with Crippen molar-refractivity contribution >= 4 is 79.0 Å². The van der Waals surface area contributed by atoms with Crippen molar-refractivity contribution in [1.82, 2.24) is 4.57 Å². The van der Waals surface area contributed by atoms with Crippen LogP contribution in [0.15, 0.2) is 133 Å². The maximum absolute atomic E-state index is 17.0. The highest BCUT2D eigenvalue weighted by molar-refractivity contribution is 7.00. The summed E-state index contributed by atoms with van der Waals surface area (Å²) < 4.78 is 19.4. The molecule has 2 aliphatic rings. The standard InChI is InChI=1S/C61H65BFN3/c1-14-60(10,11)39-24-27-43(28-25-39)64-51-30-26-40(61(12,13)15-2)35-47(51)62-48-36-46-45-19-16-17-20-50(45)65(44-33-41(58(4,5)6)32-42(34-44)59(7,8)9)55(46)37-56(48)66(52-29-23-38(3)31-49(52)63)54-22-18-21-53(64)57(54)62/h16-37H,14-15H2,1-13H3. The van der Waals surface area contributed by atoms with Gasteiger partial charge in [0.05, 0.1) is 16.7 Å². The van der Waals surface area contributed by atoms with Gasteiger partial charge in [-0.25, -0.2) is 4.39 Å². The zero-order valence-electron chi connectivity index (χ0n) is 41.4. The Labute approximate surface area is 393 Å². The molecule has 0 radical (unpaired) electrons. The van der Waals surface area contributed by atoms with E-state index in [9.17, 15) is 0 Å². The monoisotopic (exact) mass is 870 g/mol. The fourth-order valence-electron chi connectivity index (χ4n) is 10.5. The van der Waals surface area contributed by atoms with Gasteiger partial charge in [0.15, 0.2) is 0 Å². The fourth-order valence-corrected chi connectivity index (χ4v) is 10.5. The van der Waals surface area contributed by atoms with E-state index in [0.29, 0.717) is 5.69 Å². The number of aryl methyl sites for hydroxylation is 1. The van der Waals surface area contributed by atoms with Crippen molar-refractivity contribution in [3.8, 4) is 5.69 Å². The number of aromatic nitrogens is 1. The molecule has 0 saturated heterocycles. The molecule has 0 spiro atoms. The Morgan fingerprint density at radius 3 is 1.68 bits per heavy atom. The lowest BCUT2D eigenvalue weighted by Crippen LogP contribution is -2.61. The molecule has 0 aliphatic carbocycles. The van der Waals surface area contributed by atoms with Crippen molar-refractivity contribution in [3.05, 3.63) is 167 Å². The van der Waals surface area contributed by atoms with E-state index in [1.54, 1.807) is 6.07 Å². The number of para-hydroxylation sites is 1. The van der Waals surface area contributed by atoms with Gasteiger partial charge in [-0.05, 0) is 152 Å². The molecule has 7 aromatic carbocycles. The first kappa shape index (κ1) is 43.8. The predicted octanol–water partition coefficient (Wildman–Crippen LogP) is 15.3. The van der Waals surface area contributed by atoms with Crippen LogP contribution >= 0.6 is 0 Å². The van der Waals surface area contributed by atoms with Gasteiger partial charge in [0.2, 0.25) is 0 Å². The zero-order chi connectivity index (χ0) is 46.8. The van der Waals surface area contributed by atoms with Gasteiger partial charge in [-0.2, -0.15) is 0 Å². The molecular formula is C61H65BFN3. The highest BCUT2D eigenvalue weighted by Crippen LogP contribution is 2.47. The number of anilines is 6. The molecule has 0 saturated carbocycles. The first-order valence-electron chi connectivity index (χ1n) is 24.2. The summed E-state index contributed by atoms with van der Waals surface area (Å²) in [6.45, 7) is 29.6. The van der Waals surface area contributed by atoms with Gasteiger partial charge in [-0.1, -0.05) is 150 Å². The molecule has 2 aliphatic heterocycles. The normalized spacial score (nSPS) is 13.9. The van der Waals surface area contributed by atoms with Crippen LogP contribution in [0.25, 0.3) is 27.5 Å². The Balaban J connectivity index is 1.32. The summed E-state index contributed by atoms with van der Waals surface area (Å²) >= 11 is 0. The molecule has 8 aromatic rings. The van der Waals surface area contributed by atoms with Crippen molar-refractivity contribution in [2.24, 2.45) is 0 Å². The van der Waals surface area contributed by atoms with Gasteiger partial charge < -0.3 is 14.4 Å². The quantitative estimate of drug-likeness (QED) is 0.148. The molecule has 3 heterocycles. The second-order valence-electron chi connectivity index (χ2n) is 22.6. The van der Waals surface area contributed by atoms with E-state index >= 15 is 4.39 Å². The molecule has 0 fully saturated rings. The van der Waals surface area contributed by atoms with Crippen LogP contribution in [-0.2, 0) is 21.7 Å². The molecule has 334 valence electrons. The number of benzene rings is 7. The third-order valence-corrected chi connectivity index (χ3v) is 15.5. The maximum atomic E-state index is 17.0. The average Bonchev–Trinajstić information content (AvgIpc) is 3.61. The highest BCUT2D eigenvalue weighted by Gasteiger charge is 2.44. The number of hydrogen-bond acceptors (Lipinski definition) is 2. The molecular weight excluding hydrogens is 805 g/mol. The molecule has 1 aromatic heterocycles. The first-order chi connectivity index (χ1) is 31.2. The predicted molar refractivity (Wildman–Crippen MR) is 284 cm³/mol. The number of nitrogens with zero attached hydrogens (tertiary/aromatic N) is 3. The summed E-state index contributed by atoms with van der Waals surface area (Å²) in [5.41, 5.74) is 19.1. The second kappa shape index (κ2) is 15.2. The third-order valence-electron chi connectivity index (χ3n) is 15.5. The Morgan fingerprint density at radius 1 is 0.455 bits per heavy atom. The molecule has 66 heavy (non-hydrogen) atoms. The molecule has 3 nitrogen and oxygen atoms in total. The van der Waals surface area contributed by atoms with Crippen LogP contribution in [0.5, 0.6) is 0 Å². The summed E-state index contributed by atoms with van der Waals surface area (Å²) in [7, 11) is 0. The molecule has 0 atom stereocenters. The van der Waals surface area contributed by atoms with Crippen LogP contribution in [0.2, 0.25) is 0 Å². The maximum Gasteiger partial charge on any atom is 0.252 e. The summed E-state index contributed by atoms with van der Waals surface area (Å²) in [6, 6.07) is 49.7. The topological polar surface area (TPSA) is 11.4 Å². The minimum Gasteiger partial charge on any atom is -0.311 e. The SMILES string of the molecule is CCC(C)(C)c1ccc(N2c3ccc(C(C)(C)CC)cc3B3c4cc5c6ccccc6n(-c6cc(C(C)(C)C)cc(C(C)(C)C)c6)c5cc4N(c4ccc(C)cc4F)c4cccc2c43)cc1. The van der Waals surface area contributed by atoms with E-state index in [-0.39, 0.29) is 34.2 Å². The number of halogens is 1. The van der Waals surface area contributed by atoms with E-state index in [1.165, 1.54) is 55.1 Å². The Hall–Kier alpha value is -6.07. The van der Waals surface area contributed by atoms with Gasteiger partial charge >= 0.3 is 0 Å². The van der Waals surface area contributed by atoms with E-state index < -0.39 is 0 Å². The third kappa shape index (κ3) is 6.90. The van der Waals surface area contributed by atoms with Gasteiger partial charge in [0.1, 0.15) is 5.82 Å². The Kier molecular flexibility index (Phi) is 10.1. The molecule has 0 N–H and O–H groups in total. The lowest BCUT2D eigenvalue weighted by atomic mass is 9.33. The van der Waals surface area contributed by atoms with Gasteiger partial charge in [0.25, 0.3) is 6.71 Å². The smallest absolute Gasteiger partial charge is 0.252 e. The van der Waals surface area contributed by atoms with E-state index in [0.717, 1.165) is 57.9 Å². The van der Waals surface area contributed by atoms with Crippen LogP contribution in [-0.4, -0.2) is 11.3 Å². The van der Waals surface area contributed by atoms with Crippen molar-refractivity contribution < 1.29 is 4.39 Å². The van der Waals surface area contributed by atoms with Gasteiger partial charge in [-0.15, -0.1) is 0 Å². The van der Waals surface area contributed by atoms with E-state index in [4.69, 9.17) is 0 Å². The lowest BCUT2D eigenvalue weighted by molar-refractivity contribution is 0.506. The molecule has 0 bridgehead atoms. The largest absolute Gasteiger partial charge is 0.311 e. The summed E-state index contributed by atoms with van der Waals surface area (Å²) in [5.74, 6) is -0.237. The van der Waals surface area contributed by atoms with Crippen molar-refractivity contribution in [2.75, 3.05) is 9.80 Å². The number of rotatable bonds is 7. The Bertz CT molecular complexity index is 3200. The summed E-state index contributed by atoms with van der Waals surface area (Å²) in [5, 5.41) is 2.39. The van der Waals surface area contributed by atoms with E-state index in [2.05, 4.69) is 213 Å². The van der Waals surface area contributed by atoms with E-state index in [1.807, 2.05) is 19.1 Å². The summed E-state index contributed by atoms with van der Waals surface area (Å²) in [4.78, 5) is 4.69. The molecule has 10 rings (SSSR count). The van der Waals surface area contributed by atoms with Gasteiger partial charge in [0, 0.05) is 44.9 Å².